The minimum absolute atomic E-state index is 0.215. The quantitative estimate of drug-likeness (QED) is 0.867. The van der Waals surface area contributed by atoms with Gasteiger partial charge in [-0.1, -0.05) is 23.4 Å². The number of carboxylic acid groups (broad SMARTS) is 1. The first-order chi connectivity index (χ1) is 8.06. The number of hydrogen-bond donors (Lipinski definition) is 2. The van der Waals surface area contributed by atoms with Gasteiger partial charge < -0.3 is 10.4 Å². The molecule has 0 spiro atoms. The highest BCUT2D eigenvalue weighted by Gasteiger charge is 2.32. The Bertz CT molecular complexity index is 461. The molecule has 4 nitrogen and oxygen atoms in total. The standard InChI is InChI=1S/C11H11ClN2O2S/c1-6-9(10(15)16)17-11(13-6)14-8-4-2-7(12)3-5-8/h2-6,9H,1H3,(H,13,14)(H,15,16). The first kappa shape index (κ1) is 12.3. The van der Waals surface area contributed by atoms with Gasteiger partial charge in [-0.15, -0.1) is 0 Å². The van der Waals surface area contributed by atoms with Crippen LogP contribution in [0.2, 0.25) is 5.02 Å². The Morgan fingerprint density at radius 1 is 1.47 bits per heavy atom. The van der Waals surface area contributed by atoms with E-state index in [4.69, 9.17) is 16.7 Å². The monoisotopic (exact) mass is 270 g/mol. The van der Waals surface area contributed by atoms with Gasteiger partial charge in [-0.05, 0) is 31.2 Å². The van der Waals surface area contributed by atoms with Gasteiger partial charge in [0.2, 0.25) is 0 Å². The Morgan fingerprint density at radius 3 is 2.65 bits per heavy atom. The highest BCUT2D eigenvalue weighted by atomic mass is 35.5. The molecule has 0 saturated carbocycles. The molecular weight excluding hydrogens is 260 g/mol. The summed E-state index contributed by atoms with van der Waals surface area (Å²) < 4.78 is 0. The lowest BCUT2D eigenvalue weighted by atomic mass is 10.2. The summed E-state index contributed by atoms with van der Waals surface area (Å²) in [5.41, 5.74) is 0.846. The molecule has 0 amide bonds. The molecule has 2 unspecified atom stereocenters. The van der Waals surface area contributed by atoms with E-state index >= 15 is 0 Å². The molecule has 0 aliphatic carbocycles. The van der Waals surface area contributed by atoms with Crippen molar-refractivity contribution in [3.8, 4) is 0 Å². The van der Waals surface area contributed by atoms with E-state index < -0.39 is 11.2 Å². The van der Waals surface area contributed by atoms with Crippen LogP contribution < -0.4 is 5.32 Å². The zero-order valence-corrected chi connectivity index (χ0v) is 10.6. The van der Waals surface area contributed by atoms with E-state index in [-0.39, 0.29) is 6.04 Å². The fraction of sp³-hybridized carbons (Fsp3) is 0.273. The minimum atomic E-state index is -0.834. The van der Waals surface area contributed by atoms with Gasteiger partial charge in [0.25, 0.3) is 0 Å². The molecule has 0 aromatic heterocycles. The summed E-state index contributed by atoms with van der Waals surface area (Å²) in [6.07, 6.45) is 0. The summed E-state index contributed by atoms with van der Waals surface area (Å²) in [4.78, 5) is 15.2. The van der Waals surface area contributed by atoms with Gasteiger partial charge in [0.05, 0.1) is 6.04 Å². The van der Waals surface area contributed by atoms with Crippen LogP contribution in [0.15, 0.2) is 29.3 Å². The number of anilines is 1. The average molecular weight is 271 g/mol. The molecule has 90 valence electrons. The number of amidine groups is 1. The second kappa shape index (κ2) is 4.98. The molecule has 17 heavy (non-hydrogen) atoms. The van der Waals surface area contributed by atoms with E-state index in [0.717, 1.165) is 5.69 Å². The van der Waals surface area contributed by atoms with Gasteiger partial charge in [0.1, 0.15) is 5.25 Å². The molecule has 2 N–H and O–H groups in total. The number of halogens is 1. The van der Waals surface area contributed by atoms with Gasteiger partial charge in [-0.2, -0.15) is 0 Å². The van der Waals surface area contributed by atoms with E-state index in [0.29, 0.717) is 10.2 Å². The highest BCUT2D eigenvalue weighted by molar-refractivity contribution is 8.15. The summed E-state index contributed by atoms with van der Waals surface area (Å²) >= 11 is 7.01. The van der Waals surface area contributed by atoms with Crippen LogP contribution >= 0.6 is 23.4 Å². The predicted molar refractivity (Wildman–Crippen MR) is 71.0 cm³/mol. The normalized spacial score (nSPS) is 23.3. The maximum absolute atomic E-state index is 10.9. The largest absolute Gasteiger partial charge is 0.480 e. The summed E-state index contributed by atoms with van der Waals surface area (Å²) in [5, 5.41) is 12.8. The van der Waals surface area contributed by atoms with Crippen molar-refractivity contribution in [2.75, 3.05) is 5.32 Å². The molecule has 1 aromatic carbocycles. The Labute approximate surface area is 108 Å². The number of benzene rings is 1. The molecule has 0 bridgehead atoms. The molecule has 0 radical (unpaired) electrons. The van der Waals surface area contributed by atoms with E-state index in [1.54, 1.807) is 19.1 Å². The SMILES string of the molecule is CC1N=C(Nc2ccc(Cl)cc2)SC1C(=O)O. The predicted octanol–water partition coefficient (Wildman–Crippen LogP) is 2.70. The first-order valence-corrected chi connectivity index (χ1v) is 6.32. The number of rotatable bonds is 2. The van der Waals surface area contributed by atoms with Crippen molar-refractivity contribution in [2.24, 2.45) is 4.99 Å². The van der Waals surface area contributed by atoms with E-state index in [1.165, 1.54) is 11.8 Å². The smallest absolute Gasteiger partial charge is 0.319 e. The van der Waals surface area contributed by atoms with Gasteiger partial charge in [-0.3, -0.25) is 9.79 Å². The summed E-state index contributed by atoms with van der Waals surface area (Å²) in [6, 6.07) is 6.96. The lowest BCUT2D eigenvalue weighted by Crippen LogP contribution is -2.24. The van der Waals surface area contributed by atoms with Gasteiger partial charge in [0.15, 0.2) is 5.17 Å². The van der Waals surface area contributed by atoms with Crippen molar-refractivity contribution in [1.29, 1.82) is 0 Å². The number of carboxylic acids is 1. The van der Waals surface area contributed by atoms with Crippen LogP contribution in [0, 0.1) is 0 Å². The molecule has 1 aliphatic heterocycles. The van der Waals surface area contributed by atoms with E-state index in [2.05, 4.69) is 10.3 Å². The molecule has 1 heterocycles. The lowest BCUT2D eigenvalue weighted by Gasteiger charge is -2.06. The van der Waals surface area contributed by atoms with E-state index in [1.807, 2.05) is 12.1 Å². The highest BCUT2D eigenvalue weighted by Crippen LogP contribution is 2.28. The third kappa shape index (κ3) is 2.92. The zero-order chi connectivity index (χ0) is 12.4. The van der Waals surface area contributed by atoms with Crippen LogP contribution in [0.1, 0.15) is 6.92 Å². The third-order valence-corrected chi connectivity index (χ3v) is 3.87. The number of aliphatic imine (C=N–C) groups is 1. The number of nitrogens with zero attached hydrogens (tertiary/aromatic N) is 1. The van der Waals surface area contributed by atoms with Crippen molar-refractivity contribution in [1.82, 2.24) is 0 Å². The average Bonchev–Trinajstić information content (AvgIpc) is 2.63. The number of thioether (sulfide) groups is 1. The molecule has 1 aliphatic rings. The zero-order valence-electron chi connectivity index (χ0n) is 9.05. The molecule has 6 heteroatoms. The van der Waals surface area contributed by atoms with Gasteiger partial charge in [-0.25, -0.2) is 0 Å². The Morgan fingerprint density at radius 2 is 2.12 bits per heavy atom. The van der Waals surface area contributed by atoms with Crippen LogP contribution in [0.25, 0.3) is 0 Å². The van der Waals surface area contributed by atoms with Gasteiger partial charge in [0, 0.05) is 10.7 Å². The van der Waals surface area contributed by atoms with Crippen LogP contribution in [-0.4, -0.2) is 27.5 Å². The number of aliphatic carboxylic acids is 1. The molecule has 0 saturated heterocycles. The van der Waals surface area contributed by atoms with Crippen molar-refractivity contribution in [3.05, 3.63) is 29.3 Å². The van der Waals surface area contributed by atoms with E-state index in [9.17, 15) is 4.79 Å². The number of nitrogens with one attached hydrogen (secondary N) is 1. The Kier molecular flexibility index (Phi) is 3.59. The van der Waals surface area contributed by atoms with Crippen molar-refractivity contribution in [3.63, 3.8) is 0 Å². The summed E-state index contributed by atoms with van der Waals surface area (Å²) in [6.45, 7) is 1.79. The van der Waals surface area contributed by atoms with Gasteiger partial charge >= 0.3 is 5.97 Å². The van der Waals surface area contributed by atoms with Crippen LogP contribution in [0.5, 0.6) is 0 Å². The van der Waals surface area contributed by atoms with Crippen molar-refractivity contribution < 1.29 is 9.90 Å². The summed E-state index contributed by atoms with van der Waals surface area (Å²) in [7, 11) is 0. The molecule has 2 atom stereocenters. The topological polar surface area (TPSA) is 61.7 Å². The van der Waals surface area contributed by atoms with Crippen molar-refractivity contribution in [2.45, 2.75) is 18.2 Å². The maximum Gasteiger partial charge on any atom is 0.319 e. The van der Waals surface area contributed by atoms with Crippen LogP contribution in [0.4, 0.5) is 5.69 Å². The second-order valence-corrected chi connectivity index (χ2v) is 5.25. The van der Waals surface area contributed by atoms with Crippen LogP contribution in [-0.2, 0) is 4.79 Å². The Hall–Kier alpha value is -1.20. The number of carbonyl (C=O) groups is 1. The Balaban J connectivity index is 2.04. The fourth-order valence-electron chi connectivity index (χ4n) is 1.48. The third-order valence-electron chi connectivity index (χ3n) is 2.34. The maximum atomic E-state index is 10.9. The summed E-state index contributed by atoms with van der Waals surface area (Å²) in [5.74, 6) is -0.834. The molecule has 2 rings (SSSR count). The minimum Gasteiger partial charge on any atom is -0.480 e. The second-order valence-electron chi connectivity index (χ2n) is 3.68. The number of hydrogen-bond acceptors (Lipinski definition) is 4. The molecular formula is C11H11ClN2O2S. The van der Waals surface area contributed by atoms with Crippen molar-refractivity contribution >= 4 is 40.2 Å². The van der Waals surface area contributed by atoms with Crippen LogP contribution in [0.3, 0.4) is 0 Å². The first-order valence-electron chi connectivity index (χ1n) is 5.06. The fourth-order valence-corrected chi connectivity index (χ4v) is 2.61. The lowest BCUT2D eigenvalue weighted by molar-refractivity contribution is -0.136. The molecule has 0 fully saturated rings. The molecule has 1 aromatic rings.